The van der Waals surface area contributed by atoms with Crippen molar-refractivity contribution in [2.24, 2.45) is 5.11 Å². The summed E-state index contributed by atoms with van der Waals surface area (Å²) in [5.74, 6) is -0.331. The van der Waals surface area contributed by atoms with E-state index in [9.17, 15) is 18.6 Å². The molecule has 0 heterocycles. The van der Waals surface area contributed by atoms with Gasteiger partial charge in [-0.05, 0) is 11.5 Å². The van der Waals surface area contributed by atoms with E-state index in [1.807, 2.05) is 18.2 Å². The van der Waals surface area contributed by atoms with Crippen LogP contribution in [0.4, 0.5) is 5.69 Å². The Labute approximate surface area is 179 Å². The molecule has 0 atom stereocenters. The van der Waals surface area contributed by atoms with Gasteiger partial charge in [-0.3, -0.25) is 4.55 Å². The molecule has 0 aliphatic carbocycles. The van der Waals surface area contributed by atoms with Crippen molar-refractivity contribution >= 4 is 37.4 Å². The molecule has 4 aromatic carbocycles. The summed E-state index contributed by atoms with van der Waals surface area (Å²) in [5, 5.41) is 24.1. The number of hydrogen-bond donors (Lipinski definition) is 3. The van der Waals surface area contributed by atoms with Crippen LogP contribution < -0.4 is 0 Å². The second-order valence-electron chi connectivity index (χ2n) is 5.79. The van der Waals surface area contributed by atoms with Gasteiger partial charge in [0, 0.05) is 16.0 Å². The molecule has 0 spiro atoms. The molecule has 0 aliphatic heterocycles. The zero-order chi connectivity index (χ0) is 20.3. The molecule has 0 aromatic heterocycles. The summed E-state index contributed by atoms with van der Waals surface area (Å²) in [6.07, 6.45) is 0. The number of aromatic hydroxyl groups is 2. The van der Waals surface area contributed by atoms with E-state index in [1.54, 1.807) is 30.3 Å². The van der Waals surface area contributed by atoms with Gasteiger partial charge in [-0.2, -0.15) is 8.42 Å². The van der Waals surface area contributed by atoms with Crippen LogP contribution in [-0.2, 0) is 29.6 Å². The van der Waals surface area contributed by atoms with Gasteiger partial charge in [-0.1, -0.05) is 60.0 Å². The Balaban J connectivity index is 0.000000202. The maximum absolute atomic E-state index is 11.0. The summed E-state index contributed by atoms with van der Waals surface area (Å²) in [5.41, 5.74) is 8.90. The van der Waals surface area contributed by atoms with Crippen molar-refractivity contribution in [3.63, 3.8) is 0 Å². The summed E-state index contributed by atoms with van der Waals surface area (Å²) >= 11 is 0. The molecule has 0 amide bonds. The van der Waals surface area contributed by atoms with Gasteiger partial charge in [-0.25, -0.2) is 0 Å². The van der Waals surface area contributed by atoms with Gasteiger partial charge in [0.2, 0.25) is 0 Å². The van der Waals surface area contributed by atoms with Crippen molar-refractivity contribution in [1.82, 2.24) is 0 Å². The molecule has 0 bridgehead atoms. The van der Waals surface area contributed by atoms with E-state index in [1.165, 1.54) is 12.1 Å². The van der Waals surface area contributed by atoms with Crippen LogP contribution in [0.15, 0.2) is 76.7 Å². The van der Waals surface area contributed by atoms with Gasteiger partial charge in [0.1, 0.15) is 5.75 Å². The molecule has 0 fully saturated rings. The van der Waals surface area contributed by atoms with Crippen LogP contribution in [-0.4, -0.2) is 23.2 Å². The molecule has 0 unspecified atom stereocenters. The fourth-order valence-electron chi connectivity index (χ4n) is 2.75. The number of benzene rings is 4. The minimum absolute atomic E-state index is 0. The van der Waals surface area contributed by atoms with E-state index in [2.05, 4.69) is 11.2 Å². The third-order valence-electron chi connectivity index (χ3n) is 3.98. The third-order valence-corrected chi connectivity index (χ3v) is 4.87. The van der Waals surface area contributed by atoms with Crippen molar-refractivity contribution in [1.29, 1.82) is 0 Å². The average Bonchev–Trinajstić information content (AvgIpc) is 2.67. The summed E-state index contributed by atoms with van der Waals surface area (Å²) in [6, 6.07) is 20.7. The second-order valence-corrected chi connectivity index (χ2v) is 7.18. The predicted molar refractivity (Wildman–Crippen MR) is 105 cm³/mol. The molecule has 29 heavy (non-hydrogen) atoms. The molecule has 3 N–H and O–H groups in total. The van der Waals surface area contributed by atoms with Crippen LogP contribution in [0.2, 0.25) is 0 Å². The van der Waals surface area contributed by atoms with Crippen LogP contribution in [0.25, 0.3) is 27.1 Å². The zero-order valence-corrected chi connectivity index (χ0v) is 18.8. The summed E-state index contributed by atoms with van der Waals surface area (Å²) in [6.45, 7) is 0. The molecule has 9 heteroatoms. The minimum Gasteiger partial charge on any atom is -0.706 e. The van der Waals surface area contributed by atoms with Crippen molar-refractivity contribution in [2.75, 3.05) is 0 Å². The number of phenols is 2. The number of fused-ring (bicyclic) bond motifs is 2. The van der Waals surface area contributed by atoms with Crippen LogP contribution in [0.3, 0.4) is 0 Å². The van der Waals surface area contributed by atoms with Crippen molar-refractivity contribution in [3.8, 4) is 11.5 Å². The molecule has 0 saturated heterocycles. The maximum Gasteiger partial charge on any atom is 2.00 e. The Morgan fingerprint density at radius 3 is 2.17 bits per heavy atom. The summed E-state index contributed by atoms with van der Waals surface area (Å²) < 4.78 is 31.0. The van der Waals surface area contributed by atoms with E-state index < -0.39 is 10.1 Å². The Kier molecular flexibility index (Phi) is 7.03. The van der Waals surface area contributed by atoms with Crippen molar-refractivity contribution in [3.05, 3.63) is 78.3 Å². The molecule has 0 saturated carbocycles. The summed E-state index contributed by atoms with van der Waals surface area (Å²) in [4.78, 5) is -0.311. The van der Waals surface area contributed by atoms with Gasteiger partial charge in [0.05, 0.1) is 5.69 Å². The number of nitrogens with zero attached hydrogens (tertiary/aromatic N) is 2. The quantitative estimate of drug-likeness (QED) is 0.172. The number of rotatable bonds is 2. The third kappa shape index (κ3) is 4.95. The van der Waals surface area contributed by atoms with E-state index >= 15 is 0 Å². The first-order valence-corrected chi connectivity index (χ1v) is 9.42. The number of hydrogen-bond acceptors (Lipinski definition) is 5. The van der Waals surface area contributed by atoms with Gasteiger partial charge in [0.15, 0.2) is 0 Å². The van der Waals surface area contributed by atoms with Crippen LogP contribution in [0.1, 0.15) is 0 Å². The first-order chi connectivity index (χ1) is 13.3. The number of phenolic OH excluding ortho intramolecular Hbond substituents is 2. The smallest absolute Gasteiger partial charge is 0.706 e. The molecular weight excluding hydrogens is 446 g/mol. The second kappa shape index (κ2) is 9.09. The zero-order valence-electron chi connectivity index (χ0n) is 15.0. The molecular formula is C20H14N2O5SZn. The largest absolute Gasteiger partial charge is 2.00 e. The Bertz CT molecular complexity index is 1290. The molecule has 0 radical (unpaired) electrons. The Morgan fingerprint density at radius 2 is 1.52 bits per heavy atom. The first kappa shape index (κ1) is 22.4. The van der Waals surface area contributed by atoms with Crippen LogP contribution in [0.5, 0.6) is 11.5 Å². The minimum atomic E-state index is -4.33. The average molecular weight is 460 g/mol. The first-order valence-electron chi connectivity index (χ1n) is 7.98. The SMILES string of the molecule is O=S(=O)(O)c1cc(O)[c-]c2ccccc12.[N-]=Nc1c(O)ccc2ccccc12.[Zn+2]. The van der Waals surface area contributed by atoms with Crippen LogP contribution >= 0.6 is 0 Å². The molecule has 142 valence electrons. The standard InChI is InChI=1S/C10H7N2O.C10H7O4S.Zn/c11-12-10-8-4-2-1-3-7(8)5-6-9(10)13;11-8-5-7-3-1-2-4-9(7)10(6-8)15(12,13)14;/h1-6,13H;1-4,6,11H,(H,12,13,14);/q2*-1;+2. The molecule has 4 rings (SSSR count). The molecule has 0 aliphatic rings. The molecule has 7 nitrogen and oxygen atoms in total. The predicted octanol–water partition coefficient (Wildman–Crippen LogP) is 4.79. The molecule has 4 aromatic rings. The van der Waals surface area contributed by atoms with Crippen LogP contribution in [0, 0.1) is 6.07 Å². The van der Waals surface area contributed by atoms with Crippen molar-refractivity contribution in [2.45, 2.75) is 4.90 Å². The van der Waals surface area contributed by atoms with E-state index in [4.69, 9.17) is 10.1 Å². The normalized spacial score (nSPS) is 10.7. The monoisotopic (exact) mass is 458 g/mol. The van der Waals surface area contributed by atoms with E-state index in [0.717, 1.165) is 16.8 Å². The van der Waals surface area contributed by atoms with E-state index in [0.29, 0.717) is 10.8 Å². The summed E-state index contributed by atoms with van der Waals surface area (Å²) in [7, 11) is -4.33. The Morgan fingerprint density at radius 1 is 0.897 bits per heavy atom. The Hall–Kier alpha value is -2.87. The maximum atomic E-state index is 11.0. The van der Waals surface area contributed by atoms with Gasteiger partial charge < -0.3 is 20.9 Å². The van der Waals surface area contributed by atoms with Gasteiger partial charge in [0.25, 0.3) is 10.1 Å². The fourth-order valence-corrected chi connectivity index (χ4v) is 3.46. The van der Waals surface area contributed by atoms with Gasteiger partial charge in [-0.15, -0.1) is 17.5 Å². The fraction of sp³-hybridized carbons (Fsp3) is 0. The van der Waals surface area contributed by atoms with Crippen molar-refractivity contribution < 1.29 is 42.7 Å². The topological polar surface area (TPSA) is 129 Å². The van der Waals surface area contributed by atoms with E-state index in [-0.39, 0.29) is 41.6 Å². The van der Waals surface area contributed by atoms with Gasteiger partial charge >= 0.3 is 19.5 Å².